The zero-order valence-corrected chi connectivity index (χ0v) is 11.6. The average molecular weight is 309 g/mol. The van der Waals surface area contributed by atoms with Crippen molar-refractivity contribution in [2.75, 3.05) is 7.11 Å². The van der Waals surface area contributed by atoms with E-state index in [1.54, 1.807) is 0 Å². The third-order valence-corrected chi connectivity index (χ3v) is 3.21. The Morgan fingerprint density at radius 2 is 1.86 bits per heavy atom. The lowest BCUT2D eigenvalue weighted by Gasteiger charge is -2.09. The fourth-order valence-corrected chi connectivity index (χ4v) is 2.16. The largest absolute Gasteiger partial charge is 0.478 e. The molecule has 108 valence electrons. The number of benzene rings is 2. The van der Waals surface area contributed by atoms with Crippen molar-refractivity contribution in [1.82, 2.24) is 0 Å². The molecule has 2 aromatic carbocycles. The number of carbonyl (C=O) groups is 2. The molecule has 0 saturated heterocycles. The van der Waals surface area contributed by atoms with Crippen molar-refractivity contribution < 1.29 is 23.8 Å². The van der Waals surface area contributed by atoms with E-state index in [-0.39, 0.29) is 16.1 Å². The Bertz CT molecular complexity index is 728. The standard InChI is InChI=1S/C15H10ClFO4/c1-21-15(20)11-4-2-8(6-13(11)16)10-5-3-9(17)7-12(10)14(18)19/h2-7H,1H3,(H,18,19). The topological polar surface area (TPSA) is 63.6 Å². The SMILES string of the molecule is COC(=O)c1ccc(-c2ccc(F)cc2C(=O)O)cc1Cl. The minimum atomic E-state index is -1.25. The van der Waals surface area contributed by atoms with Gasteiger partial charge in [0.2, 0.25) is 0 Å². The summed E-state index contributed by atoms with van der Waals surface area (Å²) in [7, 11) is 1.23. The smallest absolute Gasteiger partial charge is 0.339 e. The quantitative estimate of drug-likeness (QED) is 0.879. The van der Waals surface area contributed by atoms with Gasteiger partial charge in [0.25, 0.3) is 0 Å². The van der Waals surface area contributed by atoms with Crippen LogP contribution in [0.4, 0.5) is 4.39 Å². The van der Waals surface area contributed by atoms with Crippen LogP contribution in [0.5, 0.6) is 0 Å². The lowest BCUT2D eigenvalue weighted by molar-refractivity contribution is 0.0600. The van der Waals surface area contributed by atoms with Gasteiger partial charge in [-0.25, -0.2) is 14.0 Å². The summed E-state index contributed by atoms with van der Waals surface area (Å²) in [5.41, 5.74) is 0.756. The summed E-state index contributed by atoms with van der Waals surface area (Å²) in [5.74, 6) is -2.49. The Morgan fingerprint density at radius 1 is 1.14 bits per heavy atom. The van der Waals surface area contributed by atoms with Crippen molar-refractivity contribution in [1.29, 1.82) is 0 Å². The molecule has 0 radical (unpaired) electrons. The summed E-state index contributed by atoms with van der Waals surface area (Å²) < 4.78 is 17.7. The molecule has 2 rings (SSSR count). The van der Waals surface area contributed by atoms with Gasteiger partial charge >= 0.3 is 11.9 Å². The summed E-state index contributed by atoms with van der Waals surface area (Å²) in [5, 5.41) is 9.25. The van der Waals surface area contributed by atoms with Gasteiger partial charge in [-0.05, 0) is 35.4 Å². The third kappa shape index (κ3) is 3.03. The summed E-state index contributed by atoms with van der Waals surface area (Å²) in [6, 6.07) is 7.83. The number of rotatable bonds is 3. The van der Waals surface area contributed by atoms with Crippen molar-refractivity contribution in [2.45, 2.75) is 0 Å². The first-order valence-corrected chi connectivity index (χ1v) is 6.23. The molecule has 1 N–H and O–H groups in total. The fourth-order valence-electron chi connectivity index (χ4n) is 1.90. The zero-order valence-electron chi connectivity index (χ0n) is 10.9. The van der Waals surface area contributed by atoms with Crippen LogP contribution in [0.1, 0.15) is 20.7 Å². The van der Waals surface area contributed by atoms with Crippen LogP contribution in [-0.2, 0) is 4.74 Å². The molecule has 0 aromatic heterocycles. The Hall–Kier alpha value is -2.40. The molecule has 0 saturated carbocycles. The number of carboxylic acid groups (broad SMARTS) is 1. The van der Waals surface area contributed by atoms with Gasteiger partial charge in [0.1, 0.15) is 5.82 Å². The molecular formula is C15H10ClFO4. The maximum absolute atomic E-state index is 13.2. The normalized spacial score (nSPS) is 10.2. The number of carbonyl (C=O) groups excluding carboxylic acids is 1. The fraction of sp³-hybridized carbons (Fsp3) is 0.0667. The second kappa shape index (κ2) is 5.93. The van der Waals surface area contributed by atoms with E-state index in [0.717, 1.165) is 12.1 Å². The lowest BCUT2D eigenvalue weighted by atomic mass is 9.98. The molecule has 0 bridgehead atoms. The van der Waals surface area contributed by atoms with E-state index < -0.39 is 17.8 Å². The highest BCUT2D eigenvalue weighted by atomic mass is 35.5. The van der Waals surface area contributed by atoms with Gasteiger partial charge < -0.3 is 9.84 Å². The van der Waals surface area contributed by atoms with Crippen molar-refractivity contribution >= 4 is 23.5 Å². The first kappa shape index (κ1) is 15.0. The first-order valence-electron chi connectivity index (χ1n) is 5.85. The highest BCUT2D eigenvalue weighted by Crippen LogP contribution is 2.29. The summed E-state index contributed by atoms with van der Waals surface area (Å²) in [4.78, 5) is 22.6. The van der Waals surface area contributed by atoms with Crippen LogP contribution in [-0.4, -0.2) is 24.2 Å². The molecule has 0 amide bonds. The van der Waals surface area contributed by atoms with Crippen molar-refractivity contribution in [3.63, 3.8) is 0 Å². The maximum Gasteiger partial charge on any atom is 0.339 e. The molecule has 0 fully saturated rings. The van der Waals surface area contributed by atoms with Gasteiger partial charge in [-0.3, -0.25) is 0 Å². The highest BCUT2D eigenvalue weighted by molar-refractivity contribution is 6.33. The van der Waals surface area contributed by atoms with E-state index in [4.69, 9.17) is 16.7 Å². The Balaban J connectivity index is 2.56. The third-order valence-electron chi connectivity index (χ3n) is 2.90. The predicted molar refractivity (Wildman–Crippen MR) is 75.1 cm³/mol. The number of halogens is 2. The van der Waals surface area contributed by atoms with Crippen molar-refractivity contribution in [2.24, 2.45) is 0 Å². The highest BCUT2D eigenvalue weighted by Gasteiger charge is 2.16. The Kier molecular flexibility index (Phi) is 4.23. The second-order valence-corrected chi connectivity index (χ2v) is 4.59. The Labute approximate surface area is 124 Å². The van der Waals surface area contributed by atoms with Gasteiger partial charge in [-0.2, -0.15) is 0 Å². The van der Waals surface area contributed by atoms with Gasteiger partial charge in [0.05, 0.1) is 23.3 Å². The van der Waals surface area contributed by atoms with Crippen molar-refractivity contribution in [3.05, 3.63) is 58.4 Å². The number of methoxy groups -OCH3 is 1. The van der Waals surface area contributed by atoms with Crippen molar-refractivity contribution in [3.8, 4) is 11.1 Å². The Morgan fingerprint density at radius 3 is 2.43 bits per heavy atom. The molecule has 0 aliphatic carbocycles. The number of hydrogen-bond acceptors (Lipinski definition) is 3. The van der Waals surface area contributed by atoms with Crippen LogP contribution in [0.2, 0.25) is 5.02 Å². The van der Waals surface area contributed by atoms with Crippen LogP contribution >= 0.6 is 11.6 Å². The molecule has 0 aliphatic heterocycles. The van der Waals surface area contributed by atoms with Crippen LogP contribution in [0.25, 0.3) is 11.1 Å². The predicted octanol–water partition coefficient (Wildman–Crippen LogP) is 3.63. The molecule has 0 spiro atoms. The molecule has 21 heavy (non-hydrogen) atoms. The molecule has 4 nitrogen and oxygen atoms in total. The van der Waals surface area contributed by atoms with E-state index >= 15 is 0 Å². The number of hydrogen-bond donors (Lipinski definition) is 1. The van der Waals surface area contributed by atoms with Gasteiger partial charge in [-0.1, -0.05) is 23.7 Å². The van der Waals surface area contributed by atoms with E-state index in [2.05, 4.69) is 4.74 Å². The zero-order chi connectivity index (χ0) is 15.6. The second-order valence-electron chi connectivity index (χ2n) is 4.18. The molecule has 0 aliphatic rings. The van der Waals surface area contributed by atoms with E-state index in [1.165, 1.54) is 31.4 Å². The van der Waals surface area contributed by atoms with Gasteiger partial charge in [-0.15, -0.1) is 0 Å². The van der Waals surface area contributed by atoms with Crippen LogP contribution in [0.3, 0.4) is 0 Å². The van der Waals surface area contributed by atoms with E-state index in [1.807, 2.05) is 0 Å². The lowest BCUT2D eigenvalue weighted by Crippen LogP contribution is -2.03. The summed E-state index contributed by atoms with van der Waals surface area (Å²) in [6.45, 7) is 0. The first-order chi connectivity index (χ1) is 9.93. The molecule has 0 atom stereocenters. The number of carboxylic acids is 1. The molecule has 0 heterocycles. The maximum atomic E-state index is 13.2. The van der Waals surface area contributed by atoms with Crippen LogP contribution in [0.15, 0.2) is 36.4 Å². The van der Waals surface area contributed by atoms with E-state index in [0.29, 0.717) is 11.1 Å². The molecular weight excluding hydrogens is 299 g/mol. The number of ether oxygens (including phenoxy) is 1. The minimum Gasteiger partial charge on any atom is -0.478 e. The summed E-state index contributed by atoms with van der Waals surface area (Å²) >= 11 is 5.99. The monoisotopic (exact) mass is 308 g/mol. The van der Waals surface area contributed by atoms with Gasteiger partial charge in [0, 0.05) is 0 Å². The van der Waals surface area contributed by atoms with Crippen LogP contribution in [0, 0.1) is 5.82 Å². The van der Waals surface area contributed by atoms with Gasteiger partial charge in [0.15, 0.2) is 0 Å². The number of aromatic carboxylic acids is 1. The number of esters is 1. The minimum absolute atomic E-state index is 0.125. The van der Waals surface area contributed by atoms with Crippen LogP contribution < -0.4 is 0 Å². The molecule has 2 aromatic rings. The average Bonchev–Trinajstić information content (AvgIpc) is 2.46. The van der Waals surface area contributed by atoms with E-state index in [9.17, 15) is 14.0 Å². The molecule has 6 heteroatoms. The summed E-state index contributed by atoms with van der Waals surface area (Å²) in [6.07, 6.45) is 0. The molecule has 0 unspecified atom stereocenters.